The molecular weight excluding hydrogens is 341 g/mol. The Morgan fingerprint density at radius 1 is 1.44 bits per heavy atom. The Labute approximate surface area is 149 Å². The van der Waals surface area contributed by atoms with Crippen molar-refractivity contribution in [1.29, 1.82) is 5.26 Å². The van der Waals surface area contributed by atoms with Crippen LogP contribution in [0.2, 0.25) is 0 Å². The maximum atomic E-state index is 13.8. The van der Waals surface area contributed by atoms with Crippen molar-refractivity contribution in [2.24, 2.45) is 0 Å². The first-order chi connectivity index (χ1) is 12.1. The molecule has 1 aliphatic rings. The van der Waals surface area contributed by atoms with Crippen molar-refractivity contribution in [3.8, 4) is 17.3 Å². The molecule has 2 aromatic rings. The smallest absolute Gasteiger partial charge is 0.270 e. The SMILES string of the molecule is CSc1nc(-c2ccc(F)cc2COC2CCCC2)c(C#N)c(=O)[nH]1. The van der Waals surface area contributed by atoms with Crippen LogP contribution in [0, 0.1) is 17.1 Å². The van der Waals surface area contributed by atoms with Gasteiger partial charge >= 0.3 is 0 Å². The van der Waals surface area contributed by atoms with E-state index in [1.54, 1.807) is 12.3 Å². The molecule has 7 heteroatoms. The van der Waals surface area contributed by atoms with E-state index in [4.69, 9.17) is 4.74 Å². The number of halogens is 1. The summed E-state index contributed by atoms with van der Waals surface area (Å²) < 4.78 is 19.7. The zero-order valence-electron chi connectivity index (χ0n) is 13.8. The Morgan fingerprint density at radius 2 is 2.20 bits per heavy atom. The van der Waals surface area contributed by atoms with Gasteiger partial charge < -0.3 is 9.72 Å². The topological polar surface area (TPSA) is 78.8 Å². The Bertz CT molecular complexity index is 870. The number of aromatic nitrogens is 2. The monoisotopic (exact) mass is 359 g/mol. The fourth-order valence-electron chi connectivity index (χ4n) is 3.02. The van der Waals surface area contributed by atoms with Gasteiger partial charge in [-0.2, -0.15) is 5.26 Å². The van der Waals surface area contributed by atoms with Crippen LogP contribution in [-0.4, -0.2) is 22.3 Å². The van der Waals surface area contributed by atoms with E-state index in [-0.39, 0.29) is 29.8 Å². The van der Waals surface area contributed by atoms with E-state index in [0.717, 1.165) is 25.7 Å². The van der Waals surface area contributed by atoms with Gasteiger partial charge in [-0.3, -0.25) is 4.79 Å². The lowest BCUT2D eigenvalue weighted by Gasteiger charge is -2.15. The van der Waals surface area contributed by atoms with Crippen LogP contribution >= 0.6 is 11.8 Å². The Kier molecular flexibility index (Phi) is 5.51. The molecule has 0 bridgehead atoms. The van der Waals surface area contributed by atoms with E-state index in [2.05, 4.69) is 9.97 Å². The summed E-state index contributed by atoms with van der Waals surface area (Å²) in [6.45, 7) is 0.228. The highest BCUT2D eigenvalue weighted by atomic mass is 32.2. The average molecular weight is 359 g/mol. The minimum Gasteiger partial charge on any atom is -0.374 e. The molecule has 0 radical (unpaired) electrons. The van der Waals surface area contributed by atoms with Crippen molar-refractivity contribution in [3.05, 3.63) is 45.5 Å². The molecule has 1 saturated carbocycles. The molecule has 0 spiro atoms. The molecule has 0 aliphatic heterocycles. The minimum absolute atomic E-state index is 0.0773. The Balaban J connectivity index is 2.03. The molecule has 1 fully saturated rings. The first-order valence-corrected chi connectivity index (χ1v) is 9.33. The summed E-state index contributed by atoms with van der Waals surface area (Å²) in [7, 11) is 0. The van der Waals surface area contributed by atoms with Crippen molar-refractivity contribution < 1.29 is 9.13 Å². The van der Waals surface area contributed by atoms with Gasteiger partial charge in [0.1, 0.15) is 17.4 Å². The molecule has 5 nitrogen and oxygen atoms in total. The highest BCUT2D eigenvalue weighted by molar-refractivity contribution is 7.98. The second kappa shape index (κ2) is 7.81. The second-order valence-corrected chi connectivity index (χ2v) is 6.72. The van der Waals surface area contributed by atoms with Crippen molar-refractivity contribution in [2.45, 2.75) is 43.6 Å². The highest BCUT2D eigenvalue weighted by Gasteiger charge is 2.19. The van der Waals surface area contributed by atoms with Crippen LogP contribution < -0.4 is 5.56 Å². The summed E-state index contributed by atoms with van der Waals surface area (Å²) in [6, 6.07) is 6.14. The number of rotatable bonds is 5. The van der Waals surface area contributed by atoms with E-state index in [1.165, 1.54) is 23.9 Å². The van der Waals surface area contributed by atoms with E-state index in [1.807, 2.05) is 6.07 Å². The van der Waals surface area contributed by atoms with Gasteiger partial charge in [0.25, 0.3) is 5.56 Å². The standard InChI is InChI=1S/C18H18FN3O2S/c1-25-18-21-16(15(9-20)17(23)22-18)14-7-6-12(19)8-11(14)10-24-13-4-2-3-5-13/h6-8,13H,2-5,10H2,1H3,(H,21,22,23). The molecule has 0 atom stereocenters. The van der Waals surface area contributed by atoms with Crippen LogP contribution in [0.1, 0.15) is 36.8 Å². The first kappa shape index (κ1) is 17.6. The predicted octanol–water partition coefficient (Wildman–Crippen LogP) is 3.63. The van der Waals surface area contributed by atoms with Crippen LogP contribution in [-0.2, 0) is 11.3 Å². The zero-order valence-corrected chi connectivity index (χ0v) is 14.7. The fourth-order valence-corrected chi connectivity index (χ4v) is 3.40. The molecular formula is C18H18FN3O2S. The third-order valence-electron chi connectivity index (χ3n) is 4.30. The number of hydrogen-bond donors (Lipinski definition) is 1. The van der Waals surface area contributed by atoms with Gasteiger partial charge in [0.2, 0.25) is 0 Å². The van der Waals surface area contributed by atoms with Gasteiger partial charge in [-0.05, 0) is 42.9 Å². The van der Waals surface area contributed by atoms with Crippen LogP contribution in [0.5, 0.6) is 0 Å². The fraction of sp³-hybridized carbons (Fsp3) is 0.389. The molecule has 1 aromatic heterocycles. The maximum absolute atomic E-state index is 13.8. The molecule has 1 N–H and O–H groups in total. The molecule has 130 valence electrons. The lowest BCUT2D eigenvalue weighted by Crippen LogP contribution is -2.15. The van der Waals surface area contributed by atoms with Gasteiger partial charge in [0.05, 0.1) is 18.4 Å². The van der Waals surface area contributed by atoms with E-state index in [0.29, 0.717) is 16.3 Å². The average Bonchev–Trinajstić information content (AvgIpc) is 3.13. The van der Waals surface area contributed by atoms with Crippen LogP contribution in [0.3, 0.4) is 0 Å². The van der Waals surface area contributed by atoms with Crippen LogP contribution in [0.4, 0.5) is 4.39 Å². The zero-order chi connectivity index (χ0) is 17.8. The summed E-state index contributed by atoms with van der Waals surface area (Å²) >= 11 is 1.27. The number of aromatic amines is 1. The third-order valence-corrected chi connectivity index (χ3v) is 4.88. The lowest BCUT2D eigenvalue weighted by atomic mass is 10.0. The van der Waals surface area contributed by atoms with E-state index < -0.39 is 5.56 Å². The number of thioether (sulfide) groups is 1. The predicted molar refractivity (Wildman–Crippen MR) is 93.8 cm³/mol. The second-order valence-electron chi connectivity index (χ2n) is 5.93. The minimum atomic E-state index is -0.496. The molecule has 1 aliphatic carbocycles. The van der Waals surface area contributed by atoms with Gasteiger partial charge in [0, 0.05) is 5.56 Å². The molecule has 0 unspecified atom stereocenters. The number of nitrogens with zero attached hydrogens (tertiary/aromatic N) is 2. The number of hydrogen-bond acceptors (Lipinski definition) is 5. The Morgan fingerprint density at radius 3 is 2.88 bits per heavy atom. The van der Waals surface area contributed by atoms with Gasteiger partial charge in [-0.1, -0.05) is 24.6 Å². The van der Waals surface area contributed by atoms with Crippen molar-refractivity contribution in [2.75, 3.05) is 6.26 Å². The lowest BCUT2D eigenvalue weighted by molar-refractivity contribution is 0.0458. The number of benzene rings is 1. The third kappa shape index (κ3) is 3.91. The number of nitriles is 1. The number of nitrogens with one attached hydrogen (secondary N) is 1. The number of ether oxygens (including phenoxy) is 1. The molecule has 1 heterocycles. The number of H-pyrrole nitrogens is 1. The van der Waals surface area contributed by atoms with E-state index >= 15 is 0 Å². The van der Waals surface area contributed by atoms with Crippen LogP contribution in [0.25, 0.3) is 11.3 Å². The van der Waals surface area contributed by atoms with Crippen molar-refractivity contribution >= 4 is 11.8 Å². The summed E-state index contributed by atoms with van der Waals surface area (Å²) in [5.41, 5.74) is 0.835. The quantitative estimate of drug-likeness (QED) is 0.651. The van der Waals surface area contributed by atoms with Crippen LogP contribution in [0.15, 0.2) is 28.2 Å². The summed E-state index contributed by atoms with van der Waals surface area (Å²) in [6.07, 6.45) is 6.27. The Hall–Kier alpha value is -2.17. The van der Waals surface area contributed by atoms with Gasteiger partial charge in [-0.15, -0.1) is 0 Å². The molecule has 0 amide bonds. The van der Waals surface area contributed by atoms with E-state index in [9.17, 15) is 14.4 Å². The largest absolute Gasteiger partial charge is 0.374 e. The molecule has 1 aromatic carbocycles. The van der Waals surface area contributed by atoms with Crippen molar-refractivity contribution in [3.63, 3.8) is 0 Å². The maximum Gasteiger partial charge on any atom is 0.270 e. The molecule has 0 saturated heterocycles. The molecule has 25 heavy (non-hydrogen) atoms. The normalized spacial score (nSPS) is 14.6. The summed E-state index contributed by atoms with van der Waals surface area (Å²) in [5.74, 6) is -0.387. The van der Waals surface area contributed by atoms with Gasteiger partial charge in [-0.25, -0.2) is 9.37 Å². The van der Waals surface area contributed by atoms with Crippen molar-refractivity contribution in [1.82, 2.24) is 9.97 Å². The highest BCUT2D eigenvalue weighted by Crippen LogP contribution is 2.28. The first-order valence-electron chi connectivity index (χ1n) is 8.11. The summed E-state index contributed by atoms with van der Waals surface area (Å²) in [5, 5.41) is 9.76. The summed E-state index contributed by atoms with van der Waals surface area (Å²) in [4.78, 5) is 19.1. The molecule has 3 rings (SSSR count). The van der Waals surface area contributed by atoms with Gasteiger partial charge in [0.15, 0.2) is 5.16 Å².